The van der Waals surface area contributed by atoms with Gasteiger partial charge in [0.1, 0.15) is 29.7 Å². The van der Waals surface area contributed by atoms with Gasteiger partial charge in [-0.1, -0.05) is 62.8 Å². The fraction of sp³-hybridized carbons (Fsp3) is 0.350. The standard InChI is InChI=1S/C20H24ClNO2S/c1-13-6-5-7-16(20(2,3)4)18(13)24-11-10-23-17-9-8-14(21)12-15(17)19(22)25/h5-9,12H,10-11H2,1-4H3,(H2,22,25). The Morgan fingerprint density at radius 3 is 2.44 bits per heavy atom. The maximum Gasteiger partial charge on any atom is 0.129 e. The molecule has 0 aromatic heterocycles. The van der Waals surface area contributed by atoms with Crippen LogP contribution in [0.4, 0.5) is 0 Å². The van der Waals surface area contributed by atoms with E-state index in [4.69, 9.17) is 39.0 Å². The molecule has 134 valence electrons. The van der Waals surface area contributed by atoms with Crippen molar-refractivity contribution in [3.8, 4) is 11.5 Å². The molecule has 0 aliphatic carbocycles. The van der Waals surface area contributed by atoms with Crippen molar-refractivity contribution in [2.75, 3.05) is 13.2 Å². The number of halogens is 1. The Bertz CT molecular complexity index is 769. The van der Waals surface area contributed by atoms with Crippen LogP contribution in [0, 0.1) is 6.92 Å². The summed E-state index contributed by atoms with van der Waals surface area (Å²) in [7, 11) is 0. The fourth-order valence-corrected chi connectivity index (χ4v) is 2.88. The first kappa shape index (κ1) is 19.5. The summed E-state index contributed by atoms with van der Waals surface area (Å²) in [6.45, 7) is 9.38. The van der Waals surface area contributed by atoms with E-state index in [0.717, 1.165) is 11.3 Å². The second kappa shape index (κ2) is 8.07. The summed E-state index contributed by atoms with van der Waals surface area (Å²) >= 11 is 11.0. The lowest BCUT2D eigenvalue weighted by atomic mass is 9.85. The van der Waals surface area contributed by atoms with Crippen molar-refractivity contribution in [2.24, 2.45) is 5.73 Å². The molecule has 0 saturated carbocycles. The van der Waals surface area contributed by atoms with Crippen molar-refractivity contribution in [1.82, 2.24) is 0 Å². The lowest BCUT2D eigenvalue weighted by molar-refractivity contribution is 0.213. The molecular weight excluding hydrogens is 354 g/mol. The summed E-state index contributed by atoms with van der Waals surface area (Å²) in [6, 6.07) is 11.4. The van der Waals surface area contributed by atoms with Gasteiger partial charge in [-0.25, -0.2) is 0 Å². The van der Waals surface area contributed by atoms with Crippen LogP contribution in [0.3, 0.4) is 0 Å². The maximum absolute atomic E-state index is 6.03. The number of rotatable bonds is 6. The highest BCUT2D eigenvalue weighted by Gasteiger charge is 2.20. The number of hydrogen-bond acceptors (Lipinski definition) is 3. The quantitative estimate of drug-likeness (QED) is 0.566. The van der Waals surface area contributed by atoms with E-state index < -0.39 is 0 Å². The summed E-state index contributed by atoms with van der Waals surface area (Å²) in [5, 5.41) is 0.570. The molecule has 0 spiro atoms. The lowest BCUT2D eigenvalue weighted by Crippen LogP contribution is -2.17. The molecule has 2 aromatic carbocycles. The van der Waals surface area contributed by atoms with E-state index in [9.17, 15) is 0 Å². The zero-order chi connectivity index (χ0) is 18.6. The third-order valence-electron chi connectivity index (χ3n) is 3.81. The smallest absolute Gasteiger partial charge is 0.129 e. The number of benzene rings is 2. The van der Waals surface area contributed by atoms with Gasteiger partial charge in [-0.2, -0.15) is 0 Å². The maximum atomic E-state index is 6.03. The van der Waals surface area contributed by atoms with Gasteiger partial charge in [-0.3, -0.25) is 0 Å². The average molecular weight is 378 g/mol. The molecule has 0 radical (unpaired) electrons. The lowest BCUT2D eigenvalue weighted by Gasteiger charge is -2.24. The van der Waals surface area contributed by atoms with Crippen molar-refractivity contribution in [2.45, 2.75) is 33.1 Å². The minimum atomic E-state index is 0.0112. The first-order valence-electron chi connectivity index (χ1n) is 8.15. The van der Waals surface area contributed by atoms with Crippen LogP contribution in [0.5, 0.6) is 11.5 Å². The molecule has 0 unspecified atom stereocenters. The Kier molecular flexibility index (Phi) is 6.31. The zero-order valence-electron chi connectivity index (χ0n) is 15.1. The predicted octanol–water partition coefficient (Wildman–Crippen LogP) is 5.04. The van der Waals surface area contributed by atoms with Gasteiger partial charge in [-0.05, 0) is 41.7 Å². The van der Waals surface area contributed by atoms with E-state index in [2.05, 4.69) is 45.9 Å². The molecule has 0 heterocycles. The van der Waals surface area contributed by atoms with Crippen molar-refractivity contribution >= 4 is 28.8 Å². The monoisotopic (exact) mass is 377 g/mol. The van der Waals surface area contributed by atoms with Gasteiger partial charge >= 0.3 is 0 Å². The summed E-state index contributed by atoms with van der Waals surface area (Å²) in [6.07, 6.45) is 0. The molecule has 0 amide bonds. The predicted molar refractivity (Wildman–Crippen MR) is 108 cm³/mol. The Labute approximate surface area is 160 Å². The van der Waals surface area contributed by atoms with Gasteiger partial charge in [0.2, 0.25) is 0 Å². The molecule has 5 heteroatoms. The summed E-state index contributed by atoms with van der Waals surface area (Å²) < 4.78 is 11.8. The van der Waals surface area contributed by atoms with Crippen LogP contribution < -0.4 is 15.2 Å². The van der Waals surface area contributed by atoms with Crippen LogP contribution in [0.25, 0.3) is 0 Å². The highest BCUT2D eigenvalue weighted by Crippen LogP contribution is 2.33. The second-order valence-corrected chi connectivity index (χ2v) is 7.78. The molecule has 0 saturated heterocycles. The second-order valence-electron chi connectivity index (χ2n) is 6.90. The molecule has 2 N–H and O–H groups in total. The molecule has 0 fully saturated rings. The summed E-state index contributed by atoms with van der Waals surface area (Å²) in [5.41, 5.74) is 8.67. The van der Waals surface area contributed by atoms with Gasteiger partial charge < -0.3 is 15.2 Å². The number of hydrogen-bond donors (Lipinski definition) is 1. The number of thiocarbonyl (C=S) groups is 1. The van der Waals surface area contributed by atoms with E-state index in [1.165, 1.54) is 5.56 Å². The van der Waals surface area contributed by atoms with E-state index in [1.807, 2.05) is 0 Å². The Morgan fingerprint density at radius 2 is 1.80 bits per heavy atom. The average Bonchev–Trinajstić information content (AvgIpc) is 2.52. The molecule has 0 atom stereocenters. The van der Waals surface area contributed by atoms with E-state index >= 15 is 0 Å². The molecule has 3 nitrogen and oxygen atoms in total. The topological polar surface area (TPSA) is 44.5 Å². The van der Waals surface area contributed by atoms with Crippen LogP contribution in [0.15, 0.2) is 36.4 Å². The van der Waals surface area contributed by atoms with Crippen LogP contribution in [0.2, 0.25) is 5.02 Å². The first-order valence-corrected chi connectivity index (χ1v) is 8.94. The molecular formula is C20H24ClNO2S. The number of nitrogens with two attached hydrogens (primary N) is 1. The van der Waals surface area contributed by atoms with Gasteiger partial charge in [0, 0.05) is 5.02 Å². The minimum absolute atomic E-state index is 0.0112. The van der Waals surface area contributed by atoms with E-state index in [1.54, 1.807) is 18.2 Å². The van der Waals surface area contributed by atoms with Crippen molar-refractivity contribution in [3.05, 3.63) is 58.1 Å². The van der Waals surface area contributed by atoms with Gasteiger partial charge in [0.05, 0.1) is 5.56 Å². The molecule has 2 rings (SSSR count). The molecule has 2 aromatic rings. The number of ether oxygens (including phenoxy) is 2. The van der Waals surface area contributed by atoms with Crippen LogP contribution in [-0.4, -0.2) is 18.2 Å². The van der Waals surface area contributed by atoms with E-state index in [-0.39, 0.29) is 10.4 Å². The molecule has 0 aliphatic heterocycles. The fourth-order valence-electron chi connectivity index (χ4n) is 2.55. The van der Waals surface area contributed by atoms with Crippen molar-refractivity contribution in [3.63, 3.8) is 0 Å². The van der Waals surface area contributed by atoms with Crippen molar-refractivity contribution in [1.29, 1.82) is 0 Å². The first-order chi connectivity index (χ1) is 11.7. The Hall–Kier alpha value is -1.78. The third kappa shape index (κ3) is 5.10. The molecule has 25 heavy (non-hydrogen) atoms. The minimum Gasteiger partial charge on any atom is -0.489 e. The highest BCUT2D eigenvalue weighted by molar-refractivity contribution is 7.80. The highest BCUT2D eigenvalue weighted by atomic mass is 35.5. The van der Waals surface area contributed by atoms with Gasteiger partial charge in [0.25, 0.3) is 0 Å². The van der Waals surface area contributed by atoms with Gasteiger partial charge in [0.15, 0.2) is 0 Å². The zero-order valence-corrected chi connectivity index (χ0v) is 16.6. The van der Waals surface area contributed by atoms with Crippen LogP contribution >= 0.6 is 23.8 Å². The molecule has 0 bridgehead atoms. The number of para-hydroxylation sites is 1. The molecule has 0 aliphatic rings. The number of aryl methyl sites for hydroxylation is 1. The third-order valence-corrected chi connectivity index (χ3v) is 4.27. The van der Waals surface area contributed by atoms with E-state index in [0.29, 0.717) is 29.5 Å². The summed E-state index contributed by atoms with van der Waals surface area (Å²) in [4.78, 5) is 0.257. The largest absolute Gasteiger partial charge is 0.489 e. The van der Waals surface area contributed by atoms with Crippen molar-refractivity contribution < 1.29 is 9.47 Å². The summed E-state index contributed by atoms with van der Waals surface area (Å²) in [5.74, 6) is 1.53. The normalized spacial score (nSPS) is 11.2. The van der Waals surface area contributed by atoms with Gasteiger partial charge in [-0.15, -0.1) is 0 Å². The Morgan fingerprint density at radius 1 is 1.12 bits per heavy atom. The Balaban J connectivity index is 2.05. The van der Waals surface area contributed by atoms with Crippen LogP contribution in [0.1, 0.15) is 37.5 Å². The SMILES string of the molecule is Cc1cccc(C(C)(C)C)c1OCCOc1ccc(Cl)cc1C(N)=S. The van der Waals surface area contributed by atoms with Crippen LogP contribution in [-0.2, 0) is 5.41 Å².